The molecule has 0 spiro atoms. The lowest BCUT2D eigenvalue weighted by Crippen LogP contribution is -2.18. The zero-order valence-electron chi connectivity index (χ0n) is 8.37. The van der Waals surface area contributed by atoms with Crippen molar-refractivity contribution in [3.8, 4) is 0 Å². The highest BCUT2D eigenvalue weighted by Crippen LogP contribution is 2.20. The second-order valence-electron chi connectivity index (χ2n) is 3.33. The van der Waals surface area contributed by atoms with Crippen LogP contribution in [0.5, 0.6) is 0 Å². The lowest BCUT2D eigenvalue weighted by atomic mass is 9.89. The molecule has 1 aliphatic carbocycles. The Morgan fingerprint density at radius 2 is 2.31 bits per heavy atom. The Bertz CT molecular complexity index is 297. The number of hydrogen-bond donors (Lipinski definition) is 0. The van der Waals surface area contributed by atoms with Gasteiger partial charge in [0.15, 0.2) is 0 Å². The molecule has 0 saturated heterocycles. The monoisotopic (exact) mass is 177 g/mol. The highest BCUT2D eigenvalue weighted by atomic mass is 16.1. The van der Waals surface area contributed by atoms with Crippen molar-refractivity contribution in [2.45, 2.75) is 20.3 Å². The van der Waals surface area contributed by atoms with E-state index in [4.69, 9.17) is 0 Å². The number of aliphatic imine (C=N–C) groups is 1. The number of carbonyl (C=O) groups is 1. The maximum Gasteiger partial charge on any atom is 0.202 e. The Morgan fingerprint density at radius 3 is 2.85 bits per heavy atom. The molecule has 0 aliphatic heterocycles. The van der Waals surface area contributed by atoms with Gasteiger partial charge in [-0.3, -0.25) is 9.79 Å². The number of allylic oxidation sites excluding steroid dienone is 4. The smallest absolute Gasteiger partial charge is 0.202 e. The van der Waals surface area contributed by atoms with Gasteiger partial charge in [0.1, 0.15) is 0 Å². The van der Waals surface area contributed by atoms with Crippen LogP contribution in [-0.4, -0.2) is 18.5 Å². The molecule has 1 aliphatic rings. The molecular weight excluding hydrogens is 162 g/mol. The van der Waals surface area contributed by atoms with E-state index in [1.165, 1.54) is 0 Å². The summed E-state index contributed by atoms with van der Waals surface area (Å²) < 4.78 is 0. The van der Waals surface area contributed by atoms with Gasteiger partial charge in [-0.15, -0.1) is 0 Å². The zero-order chi connectivity index (χ0) is 9.84. The summed E-state index contributed by atoms with van der Waals surface area (Å²) in [4.78, 5) is 15.6. The van der Waals surface area contributed by atoms with E-state index >= 15 is 0 Å². The van der Waals surface area contributed by atoms with Gasteiger partial charge in [-0.2, -0.15) is 0 Å². The van der Waals surface area contributed by atoms with Crippen LogP contribution in [0.25, 0.3) is 0 Å². The zero-order valence-corrected chi connectivity index (χ0v) is 8.37. The lowest BCUT2D eigenvalue weighted by Gasteiger charge is -2.15. The number of carbonyl (C=O) groups excluding carboxylic acids is 1. The first kappa shape index (κ1) is 9.90. The van der Waals surface area contributed by atoms with Gasteiger partial charge in [0.05, 0.1) is 5.71 Å². The van der Waals surface area contributed by atoms with Gasteiger partial charge in [-0.25, -0.2) is 0 Å². The van der Waals surface area contributed by atoms with Crippen LogP contribution < -0.4 is 0 Å². The second kappa shape index (κ2) is 4.17. The van der Waals surface area contributed by atoms with Crippen LogP contribution in [0.15, 0.2) is 28.8 Å². The summed E-state index contributed by atoms with van der Waals surface area (Å²) in [6.45, 7) is 3.82. The van der Waals surface area contributed by atoms with Gasteiger partial charge >= 0.3 is 0 Å². The van der Waals surface area contributed by atoms with E-state index in [1.54, 1.807) is 14.0 Å². The van der Waals surface area contributed by atoms with Gasteiger partial charge in [0, 0.05) is 12.6 Å². The van der Waals surface area contributed by atoms with Crippen molar-refractivity contribution in [1.29, 1.82) is 0 Å². The van der Waals surface area contributed by atoms with Crippen LogP contribution in [0, 0.1) is 5.92 Å². The molecule has 0 N–H and O–H groups in total. The number of hydrogen-bond acceptors (Lipinski definition) is 2. The average Bonchev–Trinajstić information content (AvgIpc) is 2.16. The van der Waals surface area contributed by atoms with Crippen molar-refractivity contribution in [2.24, 2.45) is 10.9 Å². The van der Waals surface area contributed by atoms with Crippen molar-refractivity contribution in [3.05, 3.63) is 23.8 Å². The van der Waals surface area contributed by atoms with Crippen LogP contribution in [-0.2, 0) is 4.79 Å². The Labute approximate surface area is 79.1 Å². The minimum atomic E-state index is 0.0827. The van der Waals surface area contributed by atoms with Gasteiger partial charge in [0.25, 0.3) is 0 Å². The molecule has 1 atom stereocenters. The quantitative estimate of drug-likeness (QED) is 0.594. The maximum absolute atomic E-state index is 11.7. The minimum Gasteiger partial charge on any atom is -0.289 e. The van der Waals surface area contributed by atoms with E-state index in [2.05, 4.69) is 18.0 Å². The largest absolute Gasteiger partial charge is 0.289 e. The molecule has 2 nitrogen and oxygen atoms in total. The number of nitrogens with zero attached hydrogens (tertiary/aromatic N) is 1. The Hall–Kier alpha value is -1.18. The number of ketones is 1. The third-order valence-corrected chi connectivity index (χ3v) is 2.36. The van der Waals surface area contributed by atoms with Gasteiger partial charge in [-0.05, 0) is 19.3 Å². The van der Waals surface area contributed by atoms with Gasteiger partial charge in [-0.1, -0.05) is 25.2 Å². The third-order valence-electron chi connectivity index (χ3n) is 2.36. The summed E-state index contributed by atoms with van der Waals surface area (Å²) in [6.07, 6.45) is 6.87. The Morgan fingerprint density at radius 1 is 1.62 bits per heavy atom. The SMILES string of the molecule is CN=C(C)C(=O)C1=CC=CCC1C. The van der Waals surface area contributed by atoms with Crippen molar-refractivity contribution >= 4 is 11.5 Å². The fourth-order valence-electron chi connectivity index (χ4n) is 1.36. The molecule has 0 radical (unpaired) electrons. The molecule has 2 heteroatoms. The summed E-state index contributed by atoms with van der Waals surface area (Å²) in [5, 5.41) is 0. The van der Waals surface area contributed by atoms with Gasteiger partial charge in [0.2, 0.25) is 5.78 Å². The van der Waals surface area contributed by atoms with Crippen molar-refractivity contribution in [3.63, 3.8) is 0 Å². The van der Waals surface area contributed by atoms with E-state index < -0.39 is 0 Å². The first-order chi connectivity index (χ1) is 6.16. The normalized spacial score (nSPS) is 22.8. The molecular formula is C11H15NO. The van der Waals surface area contributed by atoms with Crippen molar-refractivity contribution in [2.75, 3.05) is 7.05 Å². The van der Waals surface area contributed by atoms with Crippen LogP contribution in [0.4, 0.5) is 0 Å². The fourth-order valence-corrected chi connectivity index (χ4v) is 1.36. The molecule has 0 bridgehead atoms. The molecule has 0 amide bonds. The molecule has 1 unspecified atom stereocenters. The number of Topliss-reactive ketones (excluding diaryl/α,β-unsaturated/α-hetero) is 1. The minimum absolute atomic E-state index is 0.0827. The molecule has 0 heterocycles. The maximum atomic E-state index is 11.7. The topological polar surface area (TPSA) is 29.4 Å². The van der Waals surface area contributed by atoms with E-state index in [-0.39, 0.29) is 5.78 Å². The molecule has 0 aromatic carbocycles. The van der Waals surface area contributed by atoms with Crippen LogP contribution in [0.3, 0.4) is 0 Å². The Balaban J connectivity index is 2.88. The van der Waals surface area contributed by atoms with E-state index in [0.717, 1.165) is 12.0 Å². The Kier molecular flexibility index (Phi) is 3.18. The highest BCUT2D eigenvalue weighted by Gasteiger charge is 2.18. The first-order valence-corrected chi connectivity index (χ1v) is 4.51. The molecule has 1 rings (SSSR count). The van der Waals surface area contributed by atoms with E-state index in [0.29, 0.717) is 11.6 Å². The highest BCUT2D eigenvalue weighted by molar-refractivity contribution is 6.45. The summed E-state index contributed by atoms with van der Waals surface area (Å²) >= 11 is 0. The predicted octanol–water partition coefficient (Wildman–Crippen LogP) is 2.17. The van der Waals surface area contributed by atoms with E-state index in [9.17, 15) is 4.79 Å². The lowest BCUT2D eigenvalue weighted by molar-refractivity contribution is -0.110. The molecule has 0 saturated carbocycles. The fraction of sp³-hybridized carbons (Fsp3) is 0.455. The molecule has 13 heavy (non-hydrogen) atoms. The molecule has 0 aromatic heterocycles. The number of rotatable bonds is 2. The van der Waals surface area contributed by atoms with Gasteiger partial charge < -0.3 is 0 Å². The summed E-state index contributed by atoms with van der Waals surface area (Å²) in [5.41, 5.74) is 1.47. The van der Waals surface area contributed by atoms with Crippen molar-refractivity contribution < 1.29 is 4.79 Å². The summed E-state index contributed by atoms with van der Waals surface area (Å²) in [7, 11) is 1.65. The molecule has 70 valence electrons. The third kappa shape index (κ3) is 2.14. The van der Waals surface area contributed by atoms with Crippen LogP contribution >= 0.6 is 0 Å². The van der Waals surface area contributed by atoms with Crippen LogP contribution in [0.2, 0.25) is 0 Å². The summed E-state index contributed by atoms with van der Waals surface area (Å²) in [5.74, 6) is 0.411. The van der Waals surface area contributed by atoms with Crippen molar-refractivity contribution in [1.82, 2.24) is 0 Å². The molecule has 0 aromatic rings. The second-order valence-corrected chi connectivity index (χ2v) is 3.33. The average molecular weight is 177 g/mol. The van der Waals surface area contributed by atoms with Crippen LogP contribution in [0.1, 0.15) is 20.3 Å². The standard InChI is InChI=1S/C11H15NO/c1-8-6-4-5-7-10(8)11(13)9(2)12-3/h4-5,7-8H,6H2,1-3H3. The van der Waals surface area contributed by atoms with E-state index in [1.807, 2.05) is 12.2 Å². The first-order valence-electron chi connectivity index (χ1n) is 4.51. The predicted molar refractivity (Wildman–Crippen MR) is 55.0 cm³/mol. The molecule has 0 fully saturated rings. The summed E-state index contributed by atoms with van der Waals surface area (Å²) in [6, 6.07) is 0.